The molecule has 0 saturated heterocycles. The molecule has 0 bridgehead atoms. The second-order valence-electron chi connectivity index (χ2n) is 13.9. The van der Waals surface area contributed by atoms with E-state index in [4.69, 9.17) is 9.72 Å². The van der Waals surface area contributed by atoms with Crippen LogP contribution in [0.2, 0.25) is 0 Å². The molecule has 0 spiro atoms. The Balaban J connectivity index is 0.00000384. The molecule has 272 valence electrons. The summed E-state index contributed by atoms with van der Waals surface area (Å²) in [5.41, 5.74) is 10.7. The molecule has 10 aromatic rings. The number of benzene rings is 7. The van der Waals surface area contributed by atoms with E-state index in [1.165, 1.54) is 10.9 Å². The molecule has 1 aliphatic rings. The van der Waals surface area contributed by atoms with Crippen molar-refractivity contribution < 1.29 is 25.8 Å². The molecule has 6 nitrogen and oxygen atoms in total. The van der Waals surface area contributed by atoms with E-state index in [0.29, 0.717) is 11.5 Å². The number of nitrogens with zero attached hydrogens (tertiary/aromatic N) is 5. The third kappa shape index (κ3) is 5.48. The summed E-state index contributed by atoms with van der Waals surface area (Å²) in [5, 5.41) is 4.47. The monoisotopic (exact) mass is 901 g/mol. The molecular weight excluding hydrogens is 870 g/mol. The zero-order chi connectivity index (χ0) is 36.5. The molecule has 0 aliphatic carbocycles. The zero-order valence-electron chi connectivity index (χ0n) is 30.2. The maximum atomic E-state index is 6.57. The normalized spacial score (nSPS) is 12.4. The van der Waals surface area contributed by atoms with E-state index in [0.717, 1.165) is 72.4 Å². The van der Waals surface area contributed by atoms with E-state index in [2.05, 4.69) is 184 Å². The van der Waals surface area contributed by atoms with Crippen LogP contribution in [0.15, 0.2) is 170 Å². The average molecular weight is 902 g/mol. The van der Waals surface area contributed by atoms with Gasteiger partial charge in [0.2, 0.25) is 0 Å². The fourth-order valence-corrected chi connectivity index (χ4v) is 8.07. The number of pyridine rings is 1. The van der Waals surface area contributed by atoms with Crippen molar-refractivity contribution in [3.8, 4) is 34.1 Å². The minimum Gasteiger partial charge on any atom is -0.509 e. The smallest absolute Gasteiger partial charge is 0.137 e. The van der Waals surface area contributed by atoms with E-state index in [9.17, 15) is 0 Å². The molecule has 0 amide bonds. The zero-order valence-corrected chi connectivity index (χ0v) is 32.5. The first-order valence-corrected chi connectivity index (χ1v) is 18.4. The van der Waals surface area contributed by atoms with Gasteiger partial charge in [-0.15, -0.1) is 41.4 Å². The second kappa shape index (κ2) is 13.6. The van der Waals surface area contributed by atoms with Crippen LogP contribution in [0.4, 0.5) is 17.1 Å². The van der Waals surface area contributed by atoms with Gasteiger partial charge in [0.05, 0.1) is 11.0 Å². The molecule has 4 heterocycles. The number of rotatable bonds is 6. The Morgan fingerprint density at radius 2 is 1.23 bits per heavy atom. The van der Waals surface area contributed by atoms with E-state index >= 15 is 0 Å². The summed E-state index contributed by atoms with van der Waals surface area (Å²) in [6.07, 6.45) is 2.00. The standard InChI is InChI=1S/C49H32N5O.Pt/c1-51-32-52(48-27-34(23-26-45(48)51)33-13-4-2-5-14-33)36-17-12-18-37(28-36)55-38-24-25-41-39-19-8-11-22-44(39)54(46(41)29-38)49-30-47-42(31-50-49)40-20-9-10-21-43(40)53(47)35-15-6-3-7-16-35;/h2-27,30-32H,1H3;/q-3;. The van der Waals surface area contributed by atoms with E-state index < -0.39 is 0 Å². The quantitative estimate of drug-likeness (QED) is 0.156. The van der Waals surface area contributed by atoms with Crippen LogP contribution in [0, 0.1) is 18.8 Å². The Bertz CT molecular complexity index is 3080. The average Bonchev–Trinajstić information content (AvgIpc) is 3.87. The minimum absolute atomic E-state index is 0. The van der Waals surface area contributed by atoms with Gasteiger partial charge >= 0.3 is 0 Å². The van der Waals surface area contributed by atoms with Gasteiger partial charge in [0, 0.05) is 78.2 Å². The van der Waals surface area contributed by atoms with Crippen LogP contribution in [0.25, 0.3) is 66.2 Å². The van der Waals surface area contributed by atoms with Crippen molar-refractivity contribution in [2.75, 3.05) is 16.8 Å². The molecule has 11 rings (SSSR count). The fourth-order valence-electron chi connectivity index (χ4n) is 8.07. The summed E-state index contributed by atoms with van der Waals surface area (Å²) in [6.45, 7) is 2.09. The van der Waals surface area contributed by atoms with E-state index in [1.54, 1.807) is 0 Å². The molecule has 0 saturated carbocycles. The number of aromatic nitrogens is 3. The van der Waals surface area contributed by atoms with Crippen LogP contribution in [0.1, 0.15) is 0 Å². The van der Waals surface area contributed by atoms with Gasteiger partial charge in [0.1, 0.15) is 5.82 Å². The predicted octanol–water partition coefficient (Wildman–Crippen LogP) is 12.0. The molecule has 0 atom stereocenters. The van der Waals surface area contributed by atoms with Crippen LogP contribution < -0.4 is 14.5 Å². The third-order valence-corrected chi connectivity index (χ3v) is 10.6. The number of para-hydroxylation sites is 3. The maximum absolute atomic E-state index is 6.57. The van der Waals surface area contributed by atoms with E-state index in [1.807, 2.05) is 30.5 Å². The molecule has 0 radical (unpaired) electrons. The molecule has 3 aromatic heterocycles. The summed E-state index contributed by atoms with van der Waals surface area (Å²) >= 11 is 0. The van der Waals surface area contributed by atoms with Crippen LogP contribution in [0.3, 0.4) is 0 Å². The summed E-state index contributed by atoms with van der Waals surface area (Å²) in [5.74, 6) is 2.01. The molecule has 56 heavy (non-hydrogen) atoms. The molecule has 7 heteroatoms. The van der Waals surface area contributed by atoms with Crippen molar-refractivity contribution in [2.24, 2.45) is 0 Å². The van der Waals surface area contributed by atoms with Crippen LogP contribution in [-0.4, -0.2) is 21.2 Å². The number of hydrogen-bond donors (Lipinski definition) is 0. The molecular formula is C49H32N5OPt-3. The minimum atomic E-state index is 0. The van der Waals surface area contributed by atoms with Crippen molar-refractivity contribution >= 4 is 60.7 Å². The molecule has 0 N–H and O–H groups in total. The number of ether oxygens (including phenoxy) is 1. The molecule has 7 aromatic carbocycles. The predicted molar refractivity (Wildman–Crippen MR) is 224 cm³/mol. The first-order valence-electron chi connectivity index (χ1n) is 18.4. The van der Waals surface area contributed by atoms with E-state index in [-0.39, 0.29) is 21.1 Å². The molecule has 0 fully saturated rings. The van der Waals surface area contributed by atoms with Gasteiger partial charge in [-0.05, 0) is 60.0 Å². The van der Waals surface area contributed by atoms with Gasteiger partial charge in [0.25, 0.3) is 0 Å². The Hall–Kier alpha value is -6.62. The Morgan fingerprint density at radius 3 is 2.04 bits per heavy atom. The fraction of sp³-hybridized carbons (Fsp3) is 0.0204. The summed E-state index contributed by atoms with van der Waals surface area (Å²) in [6, 6.07) is 64.0. The van der Waals surface area contributed by atoms with Gasteiger partial charge in [-0.2, -0.15) is 18.8 Å². The second-order valence-corrected chi connectivity index (χ2v) is 13.9. The van der Waals surface area contributed by atoms with Crippen molar-refractivity contribution in [3.05, 3.63) is 189 Å². The summed E-state index contributed by atoms with van der Waals surface area (Å²) < 4.78 is 11.1. The molecule has 0 unspecified atom stereocenters. The van der Waals surface area contributed by atoms with Crippen LogP contribution in [0.5, 0.6) is 11.5 Å². The largest absolute Gasteiger partial charge is 0.509 e. The number of fused-ring (bicyclic) bond motifs is 7. The third-order valence-electron chi connectivity index (χ3n) is 10.6. The van der Waals surface area contributed by atoms with Crippen LogP contribution in [-0.2, 0) is 21.1 Å². The topological polar surface area (TPSA) is 38.5 Å². The number of anilines is 3. The van der Waals surface area contributed by atoms with Gasteiger partial charge in [-0.1, -0.05) is 96.5 Å². The van der Waals surface area contributed by atoms with Gasteiger partial charge in [-0.3, -0.25) is 0 Å². The van der Waals surface area contributed by atoms with Gasteiger partial charge < -0.3 is 23.7 Å². The van der Waals surface area contributed by atoms with Crippen molar-refractivity contribution in [2.45, 2.75) is 0 Å². The summed E-state index contributed by atoms with van der Waals surface area (Å²) in [4.78, 5) is 9.39. The van der Waals surface area contributed by atoms with Crippen molar-refractivity contribution in [1.29, 1.82) is 0 Å². The summed E-state index contributed by atoms with van der Waals surface area (Å²) in [7, 11) is 2.07. The van der Waals surface area contributed by atoms with Crippen molar-refractivity contribution in [1.82, 2.24) is 14.1 Å². The molecule has 1 aliphatic heterocycles. The van der Waals surface area contributed by atoms with Gasteiger partial charge in [0.15, 0.2) is 0 Å². The Labute approximate surface area is 338 Å². The van der Waals surface area contributed by atoms with Gasteiger partial charge in [-0.25, -0.2) is 4.98 Å². The Kier molecular flexibility index (Phi) is 8.23. The SMILES string of the molecule is CN1[CH-]N(c2[c-]c(Oc3[c-]c4c(cc3)c3ccccc3n4-c3cc4c(cn3)c3ccccc3n4-c3ccccc3)ccc2)c2cc(-c3ccccc3)ccc21.[Pt]. The first kappa shape index (κ1) is 33.9. The van der Waals surface area contributed by atoms with Crippen LogP contribution >= 0.6 is 0 Å². The van der Waals surface area contributed by atoms with Crippen molar-refractivity contribution in [3.63, 3.8) is 0 Å². The maximum Gasteiger partial charge on any atom is 0.137 e. The Morgan fingerprint density at radius 1 is 0.536 bits per heavy atom. The number of hydrogen-bond acceptors (Lipinski definition) is 4. The first-order chi connectivity index (χ1) is 27.2.